The Hall–Kier alpha value is -1.29. The van der Waals surface area contributed by atoms with E-state index in [0.717, 1.165) is 48.4 Å². The van der Waals surface area contributed by atoms with Gasteiger partial charge in [0.05, 0.1) is 5.39 Å². The molecule has 0 aliphatic carbocycles. The molecule has 0 bridgehead atoms. The van der Waals surface area contributed by atoms with Crippen LogP contribution in [0.4, 0.5) is 5.82 Å². The standard InChI is InChI=1S/C14H21N5O2S2/c1-2-11-6-12-13(16-9-17-14(12)22-11)19-5-3-4-10(8-19)7-18-23(15,20)21/h6,9-10,18H,2-5,7-8H2,1H3,(H2,15,20,21)/t10-/m0/s1. The van der Waals surface area contributed by atoms with E-state index in [0.29, 0.717) is 6.54 Å². The van der Waals surface area contributed by atoms with Gasteiger partial charge in [-0.15, -0.1) is 11.3 Å². The Balaban J connectivity index is 1.79. The van der Waals surface area contributed by atoms with Crippen LogP contribution in [-0.4, -0.2) is 38.0 Å². The molecule has 1 saturated heterocycles. The number of nitrogens with zero attached hydrogens (tertiary/aromatic N) is 3. The summed E-state index contributed by atoms with van der Waals surface area (Å²) >= 11 is 1.70. The predicted molar refractivity (Wildman–Crippen MR) is 92.8 cm³/mol. The van der Waals surface area contributed by atoms with E-state index in [4.69, 9.17) is 5.14 Å². The number of anilines is 1. The van der Waals surface area contributed by atoms with Gasteiger partial charge < -0.3 is 4.90 Å². The van der Waals surface area contributed by atoms with Gasteiger partial charge in [-0.3, -0.25) is 0 Å². The van der Waals surface area contributed by atoms with Gasteiger partial charge in [0.2, 0.25) is 0 Å². The molecule has 7 nitrogen and oxygen atoms in total. The van der Waals surface area contributed by atoms with Crippen LogP contribution in [0.15, 0.2) is 12.4 Å². The van der Waals surface area contributed by atoms with E-state index in [9.17, 15) is 8.42 Å². The molecule has 3 rings (SSSR count). The molecule has 1 atom stereocenters. The van der Waals surface area contributed by atoms with Crippen molar-refractivity contribution in [2.45, 2.75) is 26.2 Å². The van der Waals surface area contributed by atoms with Crippen LogP contribution in [-0.2, 0) is 16.6 Å². The zero-order valence-electron chi connectivity index (χ0n) is 13.0. The molecule has 0 aromatic carbocycles. The summed E-state index contributed by atoms with van der Waals surface area (Å²) in [6, 6.07) is 2.17. The van der Waals surface area contributed by atoms with Crippen molar-refractivity contribution in [2.24, 2.45) is 11.1 Å². The number of nitrogens with one attached hydrogen (secondary N) is 1. The van der Waals surface area contributed by atoms with Crippen molar-refractivity contribution >= 4 is 37.6 Å². The fourth-order valence-electron chi connectivity index (χ4n) is 2.98. The number of nitrogens with two attached hydrogens (primary N) is 1. The molecule has 0 radical (unpaired) electrons. The van der Waals surface area contributed by atoms with Crippen LogP contribution in [0.5, 0.6) is 0 Å². The minimum atomic E-state index is -3.63. The lowest BCUT2D eigenvalue weighted by Gasteiger charge is -2.33. The molecule has 0 spiro atoms. The second-order valence-corrected chi connectivity index (χ2v) is 8.32. The molecule has 0 saturated carbocycles. The highest BCUT2D eigenvalue weighted by molar-refractivity contribution is 7.87. The Bertz CT molecular complexity index is 790. The second-order valence-electron chi connectivity index (χ2n) is 5.83. The van der Waals surface area contributed by atoms with Crippen molar-refractivity contribution in [3.05, 3.63) is 17.3 Å². The monoisotopic (exact) mass is 355 g/mol. The van der Waals surface area contributed by atoms with Crippen molar-refractivity contribution in [3.8, 4) is 0 Å². The van der Waals surface area contributed by atoms with E-state index in [2.05, 4.69) is 32.6 Å². The van der Waals surface area contributed by atoms with Gasteiger partial charge in [-0.1, -0.05) is 6.92 Å². The second kappa shape index (κ2) is 6.68. The lowest BCUT2D eigenvalue weighted by atomic mass is 9.98. The van der Waals surface area contributed by atoms with Gasteiger partial charge in [0.1, 0.15) is 17.0 Å². The summed E-state index contributed by atoms with van der Waals surface area (Å²) in [4.78, 5) is 13.4. The average molecular weight is 355 g/mol. The molecule has 2 aromatic rings. The molecule has 2 aromatic heterocycles. The number of aryl methyl sites for hydroxylation is 1. The summed E-state index contributed by atoms with van der Waals surface area (Å²) in [6.45, 7) is 4.20. The quantitative estimate of drug-likeness (QED) is 0.841. The number of aromatic nitrogens is 2. The highest BCUT2D eigenvalue weighted by Crippen LogP contribution is 2.32. The first-order valence-electron chi connectivity index (χ1n) is 7.72. The maximum Gasteiger partial charge on any atom is 0.274 e. The van der Waals surface area contributed by atoms with Crippen LogP contribution in [0.2, 0.25) is 0 Å². The minimum absolute atomic E-state index is 0.233. The Kier molecular flexibility index (Phi) is 4.81. The molecule has 9 heteroatoms. The Morgan fingerprint density at radius 3 is 3.04 bits per heavy atom. The van der Waals surface area contributed by atoms with E-state index in [1.807, 2.05) is 0 Å². The van der Waals surface area contributed by atoms with Crippen molar-refractivity contribution in [1.82, 2.24) is 14.7 Å². The van der Waals surface area contributed by atoms with E-state index < -0.39 is 10.2 Å². The first kappa shape index (κ1) is 16.6. The van der Waals surface area contributed by atoms with Crippen molar-refractivity contribution in [3.63, 3.8) is 0 Å². The van der Waals surface area contributed by atoms with Crippen LogP contribution in [0.1, 0.15) is 24.6 Å². The van der Waals surface area contributed by atoms with E-state index >= 15 is 0 Å². The van der Waals surface area contributed by atoms with Gasteiger partial charge in [0.25, 0.3) is 10.2 Å². The van der Waals surface area contributed by atoms with E-state index in [1.54, 1.807) is 17.7 Å². The fraction of sp³-hybridized carbons (Fsp3) is 0.571. The Labute approximate surface area is 140 Å². The Morgan fingerprint density at radius 1 is 1.48 bits per heavy atom. The number of fused-ring (bicyclic) bond motifs is 1. The summed E-state index contributed by atoms with van der Waals surface area (Å²) in [5, 5.41) is 6.11. The zero-order chi connectivity index (χ0) is 16.4. The molecule has 3 N–H and O–H groups in total. The smallest absolute Gasteiger partial charge is 0.274 e. The number of thiophene rings is 1. The molecular formula is C14H21N5O2S2. The van der Waals surface area contributed by atoms with Crippen LogP contribution in [0.25, 0.3) is 10.2 Å². The van der Waals surface area contributed by atoms with Crippen molar-refractivity contribution in [1.29, 1.82) is 0 Å². The minimum Gasteiger partial charge on any atom is -0.356 e. The number of piperidine rings is 1. The summed E-state index contributed by atoms with van der Waals surface area (Å²) in [6.07, 6.45) is 4.59. The topological polar surface area (TPSA) is 101 Å². The lowest BCUT2D eigenvalue weighted by Crippen LogP contribution is -2.42. The van der Waals surface area contributed by atoms with Gasteiger partial charge >= 0.3 is 0 Å². The van der Waals surface area contributed by atoms with E-state index in [1.165, 1.54) is 4.88 Å². The largest absolute Gasteiger partial charge is 0.356 e. The molecule has 126 valence electrons. The zero-order valence-corrected chi connectivity index (χ0v) is 14.7. The maximum atomic E-state index is 11.1. The van der Waals surface area contributed by atoms with Gasteiger partial charge in [0.15, 0.2) is 0 Å². The predicted octanol–water partition coefficient (Wildman–Crippen LogP) is 1.26. The fourth-order valence-corrected chi connectivity index (χ4v) is 4.37. The molecular weight excluding hydrogens is 334 g/mol. The van der Waals surface area contributed by atoms with Crippen LogP contribution < -0.4 is 14.8 Å². The summed E-state index contributed by atoms with van der Waals surface area (Å²) in [5.74, 6) is 1.18. The van der Waals surface area contributed by atoms with Gasteiger partial charge in [-0.05, 0) is 31.2 Å². The van der Waals surface area contributed by atoms with Crippen LogP contribution in [0, 0.1) is 5.92 Å². The van der Waals surface area contributed by atoms with Crippen LogP contribution in [0.3, 0.4) is 0 Å². The first-order chi connectivity index (χ1) is 11.0. The van der Waals surface area contributed by atoms with Crippen molar-refractivity contribution < 1.29 is 8.42 Å². The average Bonchev–Trinajstić information content (AvgIpc) is 2.95. The van der Waals surface area contributed by atoms with Crippen molar-refractivity contribution in [2.75, 3.05) is 24.5 Å². The summed E-state index contributed by atoms with van der Waals surface area (Å²) in [7, 11) is -3.63. The highest BCUT2D eigenvalue weighted by atomic mass is 32.2. The number of hydrogen-bond acceptors (Lipinski definition) is 6. The number of hydrogen-bond donors (Lipinski definition) is 2. The van der Waals surface area contributed by atoms with Gasteiger partial charge in [-0.2, -0.15) is 8.42 Å². The summed E-state index contributed by atoms with van der Waals surface area (Å²) < 4.78 is 24.5. The normalized spacial score (nSPS) is 19.4. The van der Waals surface area contributed by atoms with E-state index in [-0.39, 0.29) is 5.92 Å². The third kappa shape index (κ3) is 3.97. The maximum absolute atomic E-state index is 11.1. The number of rotatable bonds is 5. The third-order valence-electron chi connectivity index (χ3n) is 4.10. The van der Waals surface area contributed by atoms with Gasteiger partial charge in [-0.25, -0.2) is 19.8 Å². The molecule has 0 amide bonds. The third-order valence-corrected chi connectivity index (χ3v) is 5.86. The highest BCUT2D eigenvalue weighted by Gasteiger charge is 2.23. The Morgan fingerprint density at radius 2 is 2.30 bits per heavy atom. The molecule has 1 aliphatic rings. The summed E-state index contributed by atoms with van der Waals surface area (Å²) in [5.41, 5.74) is 0. The molecule has 0 unspecified atom stereocenters. The first-order valence-corrected chi connectivity index (χ1v) is 10.1. The van der Waals surface area contributed by atoms with Crippen LogP contribution >= 0.6 is 11.3 Å². The molecule has 3 heterocycles. The lowest BCUT2D eigenvalue weighted by molar-refractivity contribution is 0.410. The van der Waals surface area contributed by atoms with Gasteiger partial charge in [0, 0.05) is 24.5 Å². The SMILES string of the molecule is CCc1cc2c(N3CCC[C@@H](CNS(N)(=O)=O)C3)ncnc2s1. The molecule has 1 fully saturated rings. The molecule has 23 heavy (non-hydrogen) atoms. The molecule has 1 aliphatic heterocycles.